The van der Waals surface area contributed by atoms with Crippen LogP contribution in [0.5, 0.6) is 0 Å². The molecule has 2 heterocycles. The molecule has 0 saturated carbocycles. The number of carbonyl (C=O) groups is 3. The molecule has 0 fully saturated rings. The van der Waals surface area contributed by atoms with E-state index in [4.69, 9.17) is 21.3 Å². The number of aliphatic imine (C=N–C) groups is 1. The number of aliphatic carboxylic acids is 1. The van der Waals surface area contributed by atoms with Crippen molar-refractivity contribution in [2.75, 3.05) is 23.8 Å². The Labute approximate surface area is 256 Å². The summed E-state index contributed by atoms with van der Waals surface area (Å²) in [4.78, 5) is 49.0. The number of benzene rings is 2. The summed E-state index contributed by atoms with van der Waals surface area (Å²) in [6.07, 6.45) is 4.97. The molecule has 0 saturated heterocycles. The van der Waals surface area contributed by atoms with Gasteiger partial charge in [0.05, 0.1) is 24.1 Å². The maximum Gasteiger partial charge on any atom is 0.435 e. The lowest BCUT2D eigenvalue weighted by Crippen LogP contribution is -2.33. The number of unbranched alkanes of at least 4 members (excludes halogenated alkanes) is 3. The zero-order valence-corrected chi connectivity index (χ0v) is 25.3. The van der Waals surface area contributed by atoms with Crippen LogP contribution in [0, 0.1) is 6.92 Å². The number of imidazole rings is 1. The highest BCUT2D eigenvalue weighted by atomic mass is 16.5. The van der Waals surface area contributed by atoms with Crippen molar-refractivity contribution >= 4 is 46.3 Å². The fraction of sp³-hybridized carbons (Fsp3) is 0.312. The number of carbonyl (C=O) groups excluding carboxylic acids is 2. The fourth-order valence-electron chi connectivity index (χ4n) is 4.19. The molecule has 0 aliphatic heterocycles. The minimum atomic E-state index is -0.968. The Bertz CT molecular complexity index is 1580. The molecule has 44 heavy (non-hydrogen) atoms. The SMILES string of the molecule is CCCCCCOC(=O)/N=C(/N)c1ccc(N)cc1.Cc1nc2cc(C(=O)N(CCC(=O)O)c3ccccn3)ccc2n1C. The highest BCUT2D eigenvalue weighted by molar-refractivity contribution is 6.07. The van der Waals surface area contributed by atoms with Crippen LogP contribution < -0.4 is 16.4 Å². The molecule has 0 spiro atoms. The third kappa shape index (κ3) is 9.65. The summed E-state index contributed by atoms with van der Waals surface area (Å²) in [5.41, 5.74) is 14.7. The first kappa shape index (κ1) is 33.2. The molecule has 4 rings (SSSR count). The van der Waals surface area contributed by atoms with Gasteiger partial charge in [0.1, 0.15) is 17.5 Å². The molecule has 12 nitrogen and oxygen atoms in total. The van der Waals surface area contributed by atoms with Gasteiger partial charge in [0.25, 0.3) is 5.91 Å². The van der Waals surface area contributed by atoms with Crippen LogP contribution in [0.1, 0.15) is 60.8 Å². The Hall–Kier alpha value is -5.26. The second kappa shape index (κ2) is 16.4. The predicted molar refractivity (Wildman–Crippen MR) is 171 cm³/mol. The molecule has 2 aromatic carbocycles. The largest absolute Gasteiger partial charge is 0.481 e. The van der Waals surface area contributed by atoms with E-state index in [-0.39, 0.29) is 24.7 Å². The van der Waals surface area contributed by atoms with E-state index in [9.17, 15) is 14.4 Å². The zero-order valence-electron chi connectivity index (χ0n) is 25.3. The molecular formula is C32H39N7O5. The number of fused-ring (bicyclic) bond motifs is 1. The van der Waals surface area contributed by atoms with Gasteiger partial charge in [-0.2, -0.15) is 4.99 Å². The van der Waals surface area contributed by atoms with E-state index in [1.54, 1.807) is 60.8 Å². The van der Waals surface area contributed by atoms with Crippen LogP contribution in [-0.4, -0.2) is 56.6 Å². The first-order valence-corrected chi connectivity index (χ1v) is 14.3. The molecule has 0 bridgehead atoms. The molecule has 5 N–H and O–H groups in total. The number of anilines is 2. The highest BCUT2D eigenvalue weighted by Crippen LogP contribution is 2.20. The van der Waals surface area contributed by atoms with Crippen molar-refractivity contribution in [2.24, 2.45) is 17.8 Å². The van der Waals surface area contributed by atoms with Gasteiger partial charge < -0.3 is 25.9 Å². The van der Waals surface area contributed by atoms with Gasteiger partial charge in [-0.25, -0.2) is 14.8 Å². The van der Waals surface area contributed by atoms with E-state index in [2.05, 4.69) is 21.9 Å². The van der Waals surface area contributed by atoms with E-state index in [1.807, 2.05) is 24.6 Å². The number of nitrogens with two attached hydrogens (primary N) is 2. The normalized spacial score (nSPS) is 11.0. The Kier molecular flexibility index (Phi) is 12.4. The van der Waals surface area contributed by atoms with Crippen molar-refractivity contribution in [2.45, 2.75) is 46.0 Å². The average Bonchev–Trinajstić information content (AvgIpc) is 3.30. The van der Waals surface area contributed by atoms with Crippen molar-refractivity contribution in [1.29, 1.82) is 0 Å². The maximum absolute atomic E-state index is 13.0. The van der Waals surface area contributed by atoms with Gasteiger partial charge in [0, 0.05) is 36.6 Å². The Morgan fingerprint density at radius 2 is 1.75 bits per heavy atom. The number of amides is 2. The molecule has 0 radical (unpaired) electrons. The second-order valence-electron chi connectivity index (χ2n) is 10.0. The van der Waals surface area contributed by atoms with Crippen molar-refractivity contribution in [3.8, 4) is 0 Å². The fourth-order valence-corrected chi connectivity index (χ4v) is 4.19. The van der Waals surface area contributed by atoms with Crippen LogP contribution in [0.3, 0.4) is 0 Å². The Morgan fingerprint density at radius 1 is 1.02 bits per heavy atom. The number of ether oxygens (including phenoxy) is 1. The van der Waals surface area contributed by atoms with Crippen molar-refractivity contribution in [3.63, 3.8) is 0 Å². The topological polar surface area (TPSA) is 179 Å². The van der Waals surface area contributed by atoms with E-state index >= 15 is 0 Å². The van der Waals surface area contributed by atoms with Gasteiger partial charge in [-0.3, -0.25) is 14.5 Å². The van der Waals surface area contributed by atoms with E-state index < -0.39 is 12.1 Å². The zero-order chi connectivity index (χ0) is 32.1. The number of nitrogens with zero attached hydrogens (tertiary/aromatic N) is 5. The van der Waals surface area contributed by atoms with Crippen molar-refractivity contribution in [1.82, 2.24) is 14.5 Å². The number of rotatable bonds is 11. The molecule has 2 aromatic heterocycles. The number of hydrogen-bond acceptors (Lipinski definition) is 7. The number of amidine groups is 1. The highest BCUT2D eigenvalue weighted by Gasteiger charge is 2.20. The molecule has 0 aliphatic rings. The third-order valence-corrected chi connectivity index (χ3v) is 6.71. The smallest absolute Gasteiger partial charge is 0.435 e. The first-order chi connectivity index (χ1) is 21.1. The molecule has 232 valence electrons. The summed E-state index contributed by atoms with van der Waals surface area (Å²) < 4.78 is 6.92. The molecule has 4 aromatic rings. The van der Waals surface area contributed by atoms with E-state index in [0.29, 0.717) is 29.2 Å². The standard InChI is InChI=1S/C18H18N4O3.C14H21N3O2/c1-12-20-14-11-13(6-7-15(14)21(12)2)18(25)22(10-8-17(23)24)16-5-3-4-9-19-16;1-2-3-4-5-10-19-14(18)17-13(16)11-6-8-12(15)9-7-11/h3-7,9,11H,8,10H2,1-2H3,(H,23,24);6-9H,2-5,10,15H2,1H3,(H2,16,17,18). The quantitative estimate of drug-likeness (QED) is 0.0913. The van der Waals surface area contributed by atoms with Crippen LogP contribution in [0.4, 0.5) is 16.3 Å². The van der Waals surface area contributed by atoms with E-state index in [1.165, 1.54) is 4.90 Å². The number of carboxylic acids is 1. The monoisotopic (exact) mass is 601 g/mol. The van der Waals surface area contributed by atoms with E-state index in [0.717, 1.165) is 42.5 Å². The van der Waals surface area contributed by atoms with Gasteiger partial charge in [-0.15, -0.1) is 0 Å². The van der Waals surface area contributed by atoms with Crippen molar-refractivity contribution in [3.05, 3.63) is 83.8 Å². The van der Waals surface area contributed by atoms with Gasteiger partial charge >= 0.3 is 12.1 Å². The summed E-state index contributed by atoms with van der Waals surface area (Å²) >= 11 is 0. The van der Waals surface area contributed by atoms with Crippen molar-refractivity contribution < 1.29 is 24.2 Å². The summed E-state index contributed by atoms with van der Waals surface area (Å²) in [7, 11) is 1.92. The number of pyridine rings is 1. The van der Waals surface area contributed by atoms with Crippen LogP contribution in [-0.2, 0) is 16.6 Å². The number of aryl methyl sites for hydroxylation is 2. The number of hydrogen-bond donors (Lipinski definition) is 3. The van der Waals surface area contributed by atoms with Crippen LogP contribution >= 0.6 is 0 Å². The van der Waals surface area contributed by atoms with Gasteiger partial charge in [-0.1, -0.05) is 32.3 Å². The number of aromatic nitrogens is 3. The van der Waals surface area contributed by atoms with Gasteiger partial charge in [-0.05, 0) is 67.9 Å². The summed E-state index contributed by atoms with van der Waals surface area (Å²) in [6, 6.07) is 17.3. The average molecular weight is 602 g/mol. The summed E-state index contributed by atoms with van der Waals surface area (Å²) in [5.74, 6) is 0.145. The Morgan fingerprint density at radius 3 is 2.41 bits per heavy atom. The first-order valence-electron chi connectivity index (χ1n) is 14.3. The van der Waals surface area contributed by atoms with Crippen LogP contribution in [0.15, 0.2) is 71.9 Å². The molecule has 12 heteroatoms. The second-order valence-corrected chi connectivity index (χ2v) is 10.0. The molecule has 0 unspecified atom stereocenters. The molecule has 0 atom stereocenters. The van der Waals surface area contributed by atoms with Crippen LogP contribution in [0.2, 0.25) is 0 Å². The minimum Gasteiger partial charge on any atom is -0.481 e. The Balaban J connectivity index is 0.000000251. The lowest BCUT2D eigenvalue weighted by atomic mass is 10.1. The molecule has 0 aliphatic carbocycles. The summed E-state index contributed by atoms with van der Waals surface area (Å²) in [6.45, 7) is 4.46. The van der Waals surface area contributed by atoms with Crippen LogP contribution in [0.25, 0.3) is 11.0 Å². The van der Waals surface area contributed by atoms with Gasteiger partial charge in [0.15, 0.2) is 0 Å². The number of nitrogen functional groups attached to an aromatic ring is 1. The van der Waals surface area contributed by atoms with Gasteiger partial charge in [0.2, 0.25) is 0 Å². The lowest BCUT2D eigenvalue weighted by Gasteiger charge is -2.21. The summed E-state index contributed by atoms with van der Waals surface area (Å²) in [5, 5.41) is 8.97. The third-order valence-electron chi connectivity index (χ3n) is 6.71. The molecular weight excluding hydrogens is 562 g/mol. The number of carboxylic acid groups (broad SMARTS) is 1. The minimum absolute atomic E-state index is 0.0461. The lowest BCUT2D eigenvalue weighted by molar-refractivity contribution is -0.136. The maximum atomic E-state index is 13.0. The molecule has 2 amide bonds. The predicted octanol–water partition coefficient (Wildman–Crippen LogP) is 5.09.